The molecule has 2 rings (SSSR count). The van der Waals surface area contributed by atoms with Gasteiger partial charge in [-0.25, -0.2) is 0 Å². The summed E-state index contributed by atoms with van der Waals surface area (Å²) in [6.07, 6.45) is 2.43. The SMILES string of the molecule is CC(C)(C)C[P@@]1(=O)O[CH-]CCO1.CC(C)(C)C[P@]1(=O)O[CH-]CCO1.[V].[V]. The third-order valence-corrected chi connectivity index (χ3v) is 7.62. The summed E-state index contributed by atoms with van der Waals surface area (Å²) < 4.78 is 43.9. The molecule has 2 atom stereocenters. The van der Waals surface area contributed by atoms with Crippen LogP contribution >= 0.6 is 15.2 Å². The maximum atomic E-state index is 11.8. The molecule has 6 nitrogen and oxygen atoms in total. The number of rotatable bonds is 2. The van der Waals surface area contributed by atoms with Crippen molar-refractivity contribution in [3.05, 3.63) is 13.2 Å². The van der Waals surface area contributed by atoms with Crippen molar-refractivity contribution in [2.45, 2.75) is 54.4 Å². The molecule has 2 saturated heterocycles. The second-order valence-corrected chi connectivity index (χ2v) is 12.5. The molecule has 0 unspecified atom stereocenters. The van der Waals surface area contributed by atoms with Crippen LogP contribution in [-0.2, 0) is 64.3 Å². The van der Waals surface area contributed by atoms with Crippen LogP contribution in [0.5, 0.6) is 0 Å². The molecule has 2 aliphatic heterocycles. The minimum atomic E-state index is -2.79. The minimum absolute atomic E-state index is 0. The van der Waals surface area contributed by atoms with E-state index in [0.717, 1.165) is 12.8 Å². The topological polar surface area (TPSA) is 71.1 Å². The molecule has 10 heteroatoms. The normalized spacial score (nSPS) is 29.5. The summed E-state index contributed by atoms with van der Waals surface area (Å²) in [6, 6.07) is 0. The van der Waals surface area contributed by atoms with E-state index in [1.165, 1.54) is 0 Å². The van der Waals surface area contributed by atoms with Gasteiger partial charge in [0.25, 0.3) is 0 Å². The van der Waals surface area contributed by atoms with Gasteiger partial charge in [0, 0.05) is 50.3 Å². The maximum Gasteiger partial charge on any atom is 0.301 e. The summed E-state index contributed by atoms with van der Waals surface area (Å²) in [7, 11) is -5.58. The van der Waals surface area contributed by atoms with Crippen molar-refractivity contribution >= 4 is 15.2 Å². The molecular weight excluding hydrogens is 452 g/mol. The molecule has 0 spiro atoms. The van der Waals surface area contributed by atoms with Gasteiger partial charge in [-0.15, -0.1) is 12.8 Å². The van der Waals surface area contributed by atoms with Crippen LogP contribution in [0.1, 0.15) is 54.4 Å². The quantitative estimate of drug-likeness (QED) is 0.373. The third-order valence-electron chi connectivity index (χ3n) is 2.85. The smallest absolute Gasteiger partial charge is 0.301 e. The fraction of sp³-hybridized carbons (Fsp3) is 0.875. The largest absolute Gasteiger partial charge is 0.486 e. The Labute approximate surface area is 183 Å². The Kier molecular flexibility index (Phi) is 14.0. The van der Waals surface area contributed by atoms with E-state index in [1.54, 1.807) is 13.2 Å². The van der Waals surface area contributed by atoms with E-state index in [2.05, 4.69) is 0 Å². The Bertz CT molecular complexity index is 424. The van der Waals surface area contributed by atoms with Crippen molar-refractivity contribution in [1.29, 1.82) is 0 Å². The van der Waals surface area contributed by atoms with Gasteiger partial charge in [0.2, 0.25) is 0 Å². The summed E-state index contributed by atoms with van der Waals surface area (Å²) in [5.41, 5.74) is -0.0264. The van der Waals surface area contributed by atoms with Crippen LogP contribution in [-0.4, -0.2) is 25.5 Å². The third kappa shape index (κ3) is 13.6. The monoisotopic (exact) mass is 484 g/mol. The molecule has 0 aromatic rings. The molecule has 0 aromatic carbocycles. The molecule has 0 aliphatic carbocycles. The van der Waals surface area contributed by atoms with Crippen molar-refractivity contribution in [3.8, 4) is 0 Å². The van der Waals surface area contributed by atoms with Gasteiger partial charge < -0.3 is 18.1 Å². The molecule has 2 heterocycles. The molecular formula is C16H32O6P2V2-2. The van der Waals surface area contributed by atoms with Crippen LogP contribution in [0, 0.1) is 24.0 Å². The van der Waals surface area contributed by atoms with Crippen LogP contribution < -0.4 is 0 Å². The van der Waals surface area contributed by atoms with E-state index in [0.29, 0.717) is 25.5 Å². The molecule has 0 amide bonds. The molecule has 2 radical (unpaired) electrons. The van der Waals surface area contributed by atoms with E-state index in [4.69, 9.17) is 18.1 Å². The van der Waals surface area contributed by atoms with Crippen molar-refractivity contribution < 1.29 is 64.3 Å². The van der Waals surface area contributed by atoms with Gasteiger partial charge in [-0.1, -0.05) is 41.5 Å². The Balaban J connectivity index is 0. The molecule has 0 bridgehead atoms. The predicted molar refractivity (Wildman–Crippen MR) is 95.8 cm³/mol. The minimum Gasteiger partial charge on any atom is -0.486 e. The van der Waals surface area contributed by atoms with Crippen LogP contribution in [0.4, 0.5) is 0 Å². The Morgan fingerprint density at radius 1 is 0.731 bits per heavy atom. The summed E-state index contributed by atoms with van der Waals surface area (Å²) in [4.78, 5) is 0. The first kappa shape index (κ1) is 29.7. The van der Waals surface area contributed by atoms with Crippen molar-refractivity contribution in [2.24, 2.45) is 10.8 Å². The second kappa shape index (κ2) is 12.2. The van der Waals surface area contributed by atoms with Gasteiger partial charge >= 0.3 is 15.2 Å². The zero-order valence-corrected chi connectivity index (χ0v) is 21.2. The zero-order chi connectivity index (χ0) is 18.5. The summed E-state index contributed by atoms with van der Waals surface area (Å²) in [5, 5.41) is 0. The Morgan fingerprint density at radius 2 is 1.04 bits per heavy atom. The Morgan fingerprint density at radius 3 is 1.23 bits per heavy atom. The van der Waals surface area contributed by atoms with Crippen molar-refractivity contribution in [3.63, 3.8) is 0 Å². The van der Waals surface area contributed by atoms with Crippen LogP contribution in [0.25, 0.3) is 0 Å². The van der Waals surface area contributed by atoms with E-state index in [9.17, 15) is 9.13 Å². The molecule has 0 aromatic heterocycles. The molecule has 0 saturated carbocycles. The summed E-state index contributed by atoms with van der Waals surface area (Å²) in [6.45, 7) is 16.4. The average molecular weight is 484 g/mol. The van der Waals surface area contributed by atoms with Gasteiger partial charge in [-0.2, -0.15) is 13.2 Å². The van der Waals surface area contributed by atoms with Gasteiger partial charge in [0.1, 0.15) is 0 Å². The summed E-state index contributed by atoms with van der Waals surface area (Å²) in [5.74, 6) is 0. The van der Waals surface area contributed by atoms with E-state index in [1.807, 2.05) is 41.5 Å². The fourth-order valence-electron chi connectivity index (χ4n) is 2.20. The van der Waals surface area contributed by atoms with Gasteiger partial charge in [0.15, 0.2) is 0 Å². The Hall–Kier alpha value is 1.47. The first-order valence-corrected chi connectivity index (χ1v) is 11.8. The zero-order valence-electron chi connectivity index (χ0n) is 16.6. The van der Waals surface area contributed by atoms with Crippen LogP contribution in [0.2, 0.25) is 0 Å². The van der Waals surface area contributed by atoms with Crippen molar-refractivity contribution in [2.75, 3.05) is 25.5 Å². The van der Waals surface area contributed by atoms with Gasteiger partial charge in [0.05, 0.1) is 12.3 Å². The second-order valence-electron chi connectivity index (χ2n) is 8.45. The molecule has 26 heavy (non-hydrogen) atoms. The molecule has 2 fully saturated rings. The molecule has 0 N–H and O–H groups in total. The number of hydrogen-bond donors (Lipinski definition) is 0. The standard InChI is InChI=1S/2C8H16O3P.2V/c2*1-8(2,3)7-12(9)10-5-4-6-11-12;;/h2*5H,4,6-7H2,1-3H3;;/q2*-1;;/t2*12-;;/m10../s1. The van der Waals surface area contributed by atoms with Crippen LogP contribution in [0.3, 0.4) is 0 Å². The van der Waals surface area contributed by atoms with E-state index in [-0.39, 0.29) is 47.9 Å². The van der Waals surface area contributed by atoms with Gasteiger partial charge in [-0.3, -0.25) is 9.13 Å². The fourth-order valence-corrected chi connectivity index (χ4v) is 6.41. The first-order chi connectivity index (χ1) is 10.8. The average Bonchev–Trinajstić information content (AvgIpc) is 2.35. The van der Waals surface area contributed by atoms with Crippen LogP contribution in [0.15, 0.2) is 0 Å². The van der Waals surface area contributed by atoms with Gasteiger partial charge in [-0.05, 0) is 10.8 Å². The summed E-state index contributed by atoms with van der Waals surface area (Å²) >= 11 is 0. The number of hydrogen-bond acceptors (Lipinski definition) is 6. The van der Waals surface area contributed by atoms with E-state index < -0.39 is 15.2 Å². The molecule has 2 aliphatic rings. The van der Waals surface area contributed by atoms with Crippen molar-refractivity contribution in [1.82, 2.24) is 0 Å². The molecule has 154 valence electrons. The maximum absolute atomic E-state index is 11.8. The first-order valence-electron chi connectivity index (χ1n) is 8.30. The van der Waals surface area contributed by atoms with E-state index >= 15 is 0 Å². The predicted octanol–water partition coefficient (Wildman–Crippen LogP) is 5.64.